The normalized spacial score (nSPS) is 18.2. The van der Waals surface area contributed by atoms with Gasteiger partial charge in [-0.25, -0.2) is 9.37 Å². The Labute approximate surface area is 240 Å². The van der Waals surface area contributed by atoms with E-state index < -0.39 is 0 Å². The number of likely N-dealkylation sites (tertiary alicyclic amines) is 1. The molecule has 2 aliphatic rings. The summed E-state index contributed by atoms with van der Waals surface area (Å²) in [5.74, 6) is 1.25. The minimum atomic E-state index is -0.261. The van der Waals surface area contributed by atoms with Crippen LogP contribution in [-0.4, -0.2) is 94.6 Å². The van der Waals surface area contributed by atoms with Crippen LogP contribution in [0, 0.1) is 22.6 Å². The van der Waals surface area contributed by atoms with E-state index in [0.717, 1.165) is 75.5 Å². The van der Waals surface area contributed by atoms with Crippen LogP contribution in [0.2, 0.25) is 0 Å². The highest BCUT2D eigenvalue weighted by molar-refractivity contribution is 5.94. The van der Waals surface area contributed by atoms with Crippen LogP contribution in [-0.2, 0) is 0 Å². The fraction of sp³-hybridized carbons (Fsp3) is 0.387. The monoisotopic (exact) mass is 557 g/mol. The van der Waals surface area contributed by atoms with Crippen molar-refractivity contribution < 1.29 is 14.2 Å². The van der Waals surface area contributed by atoms with Crippen molar-refractivity contribution in [3.63, 3.8) is 0 Å². The van der Waals surface area contributed by atoms with Crippen molar-refractivity contribution in [2.45, 2.75) is 18.9 Å². The van der Waals surface area contributed by atoms with Gasteiger partial charge in [-0.2, -0.15) is 5.26 Å². The number of β-amino-alcohol motifs (C(OH)–C–C–N with tert-alkyl or cyclic N) is 1. The first-order valence-corrected chi connectivity index (χ1v) is 14.1. The Morgan fingerprint density at radius 1 is 1.15 bits per heavy atom. The van der Waals surface area contributed by atoms with Crippen LogP contribution in [0.5, 0.6) is 5.75 Å². The Morgan fingerprint density at radius 2 is 1.95 bits per heavy atom. The van der Waals surface area contributed by atoms with Crippen LogP contribution in [0.4, 0.5) is 4.39 Å². The molecule has 1 atom stereocenters. The van der Waals surface area contributed by atoms with Gasteiger partial charge in [-0.15, -0.1) is 0 Å². The van der Waals surface area contributed by atoms with Gasteiger partial charge in [-0.3, -0.25) is 15.2 Å². The van der Waals surface area contributed by atoms with Gasteiger partial charge < -0.3 is 19.7 Å². The minimum Gasteiger partial charge on any atom is -0.491 e. The molecule has 0 saturated carbocycles. The van der Waals surface area contributed by atoms with E-state index in [1.165, 1.54) is 6.07 Å². The molecule has 2 saturated heterocycles. The van der Waals surface area contributed by atoms with E-state index in [2.05, 4.69) is 25.8 Å². The summed E-state index contributed by atoms with van der Waals surface area (Å²) in [7, 11) is 0. The number of imidazole rings is 1. The van der Waals surface area contributed by atoms with Crippen LogP contribution in [0.1, 0.15) is 35.8 Å². The summed E-state index contributed by atoms with van der Waals surface area (Å²) in [5.41, 5.74) is 2.93. The van der Waals surface area contributed by atoms with Crippen molar-refractivity contribution in [3.8, 4) is 23.1 Å². The summed E-state index contributed by atoms with van der Waals surface area (Å²) in [6, 6.07) is 14.4. The Bertz CT molecular complexity index is 1410. The molecule has 214 valence electrons. The lowest BCUT2D eigenvalue weighted by molar-refractivity contribution is 0.102. The molecule has 3 N–H and O–H groups in total. The summed E-state index contributed by atoms with van der Waals surface area (Å²) in [5, 5.41) is 27.4. The standard InChI is InChI=1S/C31H36FN7O2/c32-26-4-1-3-24(20-26)28-5-2-10-39(28)30(34)8-9-31-35-22-27(36-31)23-6-7-29(25(19-23)21-33)41-18-16-38-13-11-37(12-14-38)15-17-40/h1,3-4,6-9,19-20,22,28,34,40H,2,5,10-18H2,(H,35,36). The molecule has 9 nitrogen and oxygen atoms in total. The molecule has 2 aliphatic heterocycles. The number of hydrogen-bond donors (Lipinski definition) is 3. The second kappa shape index (κ2) is 13.5. The number of aromatic nitrogens is 2. The summed E-state index contributed by atoms with van der Waals surface area (Å²) in [6.45, 7) is 6.70. The molecule has 0 spiro atoms. The lowest BCUT2D eigenvalue weighted by atomic mass is 10.0. The number of piperazine rings is 1. The van der Waals surface area contributed by atoms with E-state index in [0.29, 0.717) is 29.6 Å². The number of aromatic amines is 1. The Morgan fingerprint density at radius 3 is 2.71 bits per heavy atom. The number of nitrogens with one attached hydrogen (secondary N) is 2. The van der Waals surface area contributed by atoms with Crippen LogP contribution in [0.3, 0.4) is 0 Å². The molecule has 10 heteroatoms. The van der Waals surface area contributed by atoms with Crippen molar-refractivity contribution in [3.05, 3.63) is 77.5 Å². The van der Waals surface area contributed by atoms with Crippen LogP contribution < -0.4 is 4.74 Å². The number of ether oxygens (including phenoxy) is 1. The van der Waals surface area contributed by atoms with Gasteiger partial charge in [0.15, 0.2) is 0 Å². The van der Waals surface area contributed by atoms with Gasteiger partial charge in [0.05, 0.1) is 30.1 Å². The number of aliphatic hydroxyl groups excluding tert-OH is 1. The Kier molecular flexibility index (Phi) is 9.41. The molecule has 1 aromatic heterocycles. The molecule has 0 radical (unpaired) electrons. The van der Waals surface area contributed by atoms with Gasteiger partial charge in [0.1, 0.15) is 35.9 Å². The van der Waals surface area contributed by atoms with E-state index in [9.17, 15) is 9.65 Å². The molecule has 3 heterocycles. The van der Waals surface area contributed by atoms with E-state index in [-0.39, 0.29) is 18.5 Å². The average molecular weight is 558 g/mol. The zero-order chi connectivity index (χ0) is 28.6. The third kappa shape index (κ3) is 7.19. The fourth-order valence-corrected chi connectivity index (χ4v) is 5.51. The molecule has 0 aliphatic carbocycles. The van der Waals surface area contributed by atoms with E-state index in [1.807, 2.05) is 23.1 Å². The van der Waals surface area contributed by atoms with Crippen LogP contribution >= 0.6 is 0 Å². The number of hydrogen-bond acceptors (Lipinski definition) is 7. The van der Waals surface area contributed by atoms with Gasteiger partial charge >= 0.3 is 0 Å². The van der Waals surface area contributed by atoms with Gasteiger partial charge in [0.2, 0.25) is 0 Å². The number of halogens is 1. The second-order valence-corrected chi connectivity index (χ2v) is 10.4. The predicted molar refractivity (Wildman–Crippen MR) is 156 cm³/mol. The summed E-state index contributed by atoms with van der Waals surface area (Å²) in [4.78, 5) is 14.3. The highest BCUT2D eigenvalue weighted by Gasteiger charge is 2.27. The minimum absolute atomic E-state index is 0.0118. The molecular formula is C31H36FN7O2. The number of amidine groups is 1. The quantitative estimate of drug-likeness (QED) is 0.256. The molecular weight excluding hydrogens is 521 g/mol. The number of nitrogens with zero attached hydrogens (tertiary/aromatic N) is 5. The van der Waals surface area contributed by atoms with Gasteiger partial charge in [0.25, 0.3) is 0 Å². The number of aliphatic hydroxyl groups is 1. The molecule has 2 aromatic carbocycles. The first-order chi connectivity index (χ1) is 20.0. The van der Waals surface area contributed by atoms with E-state index >= 15 is 0 Å². The molecule has 2 fully saturated rings. The number of rotatable bonds is 10. The van der Waals surface area contributed by atoms with Gasteiger partial charge in [-0.05, 0) is 60.9 Å². The zero-order valence-corrected chi connectivity index (χ0v) is 23.1. The topological polar surface area (TPSA) is 116 Å². The first-order valence-electron chi connectivity index (χ1n) is 14.1. The van der Waals surface area contributed by atoms with Crippen molar-refractivity contribution >= 4 is 11.9 Å². The van der Waals surface area contributed by atoms with Gasteiger partial charge in [-0.1, -0.05) is 12.1 Å². The number of nitriles is 1. The van der Waals surface area contributed by atoms with E-state index in [4.69, 9.17) is 15.3 Å². The number of H-pyrrole nitrogens is 1. The van der Waals surface area contributed by atoms with Gasteiger partial charge in [0, 0.05) is 51.4 Å². The zero-order valence-electron chi connectivity index (χ0n) is 23.1. The molecule has 41 heavy (non-hydrogen) atoms. The van der Waals surface area contributed by atoms with Crippen LogP contribution in [0.25, 0.3) is 17.3 Å². The average Bonchev–Trinajstić information content (AvgIpc) is 3.68. The van der Waals surface area contributed by atoms with Crippen LogP contribution in [0.15, 0.2) is 54.7 Å². The smallest absolute Gasteiger partial charge is 0.137 e. The molecule has 0 bridgehead atoms. The molecule has 3 aromatic rings. The Balaban J connectivity index is 1.16. The lowest BCUT2D eigenvalue weighted by Crippen LogP contribution is -2.48. The molecule has 1 unspecified atom stereocenters. The van der Waals surface area contributed by atoms with Crippen molar-refractivity contribution in [2.75, 3.05) is 59.0 Å². The Hall–Kier alpha value is -4.04. The summed E-state index contributed by atoms with van der Waals surface area (Å²) < 4.78 is 19.7. The maximum Gasteiger partial charge on any atom is 0.137 e. The SMILES string of the molecule is N#Cc1cc(-c2cnc(C=CC(=N)N3CCCC3c3cccc(F)c3)[nH]2)ccc1OCCN1CCN(CCO)CC1. The summed E-state index contributed by atoms with van der Waals surface area (Å²) >= 11 is 0. The second-order valence-electron chi connectivity index (χ2n) is 10.4. The van der Waals surface area contributed by atoms with Crippen molar-refractivity contribution in [2.24, 2.45) is 0 Å². The maximum absolute atomic E-state index is 13.8. The lowest BCUT2D eigenvalue weighted by Gasteiger charge is -2.34. The maximum atomic E-state index is 13.8. The predicted octanol–water partition coefficient (Wildman–Crippen LogP) is 3.90. The third-order valence-corrected chi connectivity index (χ3v) is 7.75. The van der Waals surface area contributed by atoms with Crippen molar-refractivity contribution in [1.29, 1.82) is 10.7 Å². The van der Waals surface area contributed by atoms with E-state index in [1.54, 1.807) is 36.5 Å². The molecule has 5 rings (SSSR count). The summed E-state index contributed by atoms with van der Waals surface area (Å²) in [6.07, 6.45) is 7.02. The largest absolute Gasteiger partial charge is 0.491 e. The first kappa shape index (κ1) is 28.5. The fourth-order valence-electron chi connectivity index (χ4n) is 5.51. The third-order valence-electron chi connectivity index (χ3n) is 7.75. The molecule has 0 amide bonds. The van der Waals surface area contributed by atoms with Crippen molar-refractivity contribution in [1.82, 2.24) is 24.7 Å². The highest BCUT2D eigenvalue weighted by Crippen LogP contribution is 2.32. The highest BCUT2D eigenvalue weighted by atomic mass is 19.1. The number of benzene rings is 2.